The number of rotatable bonds is 3. The van der Waals surface area contributed by atoms with Gasteiger partial charge in [0.2, 0.25) is 0 Å². The Balaban J connectivity index is 2.17. The van der Waals surface area contributed by atoms with E-state index in [1.54, 1.807) is 0 Å². The lowest BCUT2D eigenvalue weighted by Crippen LogP contribution is -2.50. The van der Waals surface area contributed by atoms with E-state index in [2.05, 4.69) is 60.7 Å². The van der Waals surface area contributed by atoms with Crippen LogP contribution in [0.2, 0.25) is 0 Å². The largest absolute Gasteiger partial charge is 0.390 e. The molecule has 1 heterocycles. The normalized spacial score (nSPS) is 21.4. The van der Waals surface area contributed by atoms with Gasteiger partial charge in [0, 0.05) is 12.8 Å². The average molecular weight is 254 g/mol. The Morgan fingerprint density at radius 2 is 1.42 bits per heavy atom. The number of hydrogen-bond donors (Lipinski definition) is 1. The second-order valence-electron chi connectivity index (χ2n) is 5.24. The van der Waals surface area contributed by atoms with Crippen LogP contribution >= 0.6 is 0 Å². The first-order valence-corrected chi connectivity index (χ1v) is 6.98. The molecule has 2 aromatic rings. The van der Waals surface area contributed by atoms with Crippen LogP contribution in [0.1, 0.15) is 12.8 Å². The van der Waals surface area contributed by atoms with Crippen LogP contribution < -0.4 is 4.48 Å². The van der Waals surface area contributed by atoms with Gasteiger partial charge in [0.25, 0.3) is 0 Å². The Morgan fingerprint density at radius 3 is 1.89 bits per heavy atom. The Hall–Kier alpha value is -1.64. The molecule has 2 aromatic carbocycles. The van der Waals surface area contributed by atoms with Crippen LogP contribution in [0, 0.1) is 0 Å². The highest BCUT2D eigenvalue weighted by Gasteiger charge is 2.45. The highest BCUT2D eigenvalue weighted by molar-refractivity contribution is 5.60. The predicted octanol–water partition coefficient (Wildman–Crippen LogP) is 3.48. The molecule has 1 unspecified atom stereocenters. The predicted molar refractivity (Wildman–Crippen MR) is 79.3 cm³/mol. The maximum atomic E-state index is 9.81. The molecule has 0 radical (unpaired) electrons. The third-order valence-electron chi connectivity index (χ3n) is 4.32. The van der Waals surface area contributed by atoms with Crippen molar-refractivity contribution in [1.29, 1.82) is 0 Å². The van der Waals surface area contributed by atoms with Gasteiger partial charge in [0.15, 0.2) is 0 Å². The lowest BCUT2D eigenvalue weighted by atomic mass is 10.1. The van der Waals surface area contributed by atoms with Crippen molar-refractivity contribution in [3.63, 3.8) is 0 Å². The van der Waals surface area contributed by atoms with Gasteiger partial charge in [0.1, 0.15) is 17.4 Å². The lowest BCUT2D eigenvalue weighted by molar-refractivity contribution is 0.200. The maximum absolute atomic E-state index is 9.81. The van der Waals surface area contributed by atoms with E-state index in [1.165, 1.54) is 11.4 Å². The molecule has 98 valence electrons. The first-order valence-electron chi connectivity index (χ1n) is 6.98. The van der Waals surface area contributed by atoms with Crippen molar-refractivity contribution in [3.05, 3.63) is 60.7 Å². The van der Waals surface area contributed by atoms with Crippen LogP contribution in [0.25, 0.3) is 0 Å². The van der Waals surface area contributed by atoms with Crippen LogP contribution in [0.5, 0.6) is 0 Å². The van der Waals surface area contributed by atoms with Crippen LogP contribution in [0.3, 0.4) is 0 Å². The monoisotopic (exact) mass is 254 g/mol. The average Bonchev–Trinajstić information content (AvgIpc) is 2.94. The first kappa shape index (κ1) is 12.4. The molecule has 0 aromatic heterocycles. The molecule has 2 heteroatoms. The third kappa shape index (κ3) is 1.97. The van der Waals surface area contributed by atoms with Crippen molar-refractivity contribution in [1.82, 2.24) is 4.48 Å². The van der Waals surface area contributed by atoms with Crippen LogP contribution in [-0.4, -0.2) is 24.3 Å². The second kappa shape index (κ2) is 5.16. The maximum Gasteiger partial charge on any atom is 0.138 e. The lowest BCUT2D eigenvalue weighted by Gasteiger charge is -2.38. The highest BCUT2D eigenvalue weighted by Crippen LogP contribution is 2.42. The van der Waals surface area contributed by atoms with Gasteiger partial charge in [-0.1, -0.05) is 36.4 Å². The highest BCUT2D eigenvalue weighted by atomic mass is 16.3. The van der Waals surface area contributed by atoms with Crippen molar-refractivity contribution in [2.75, 3.05) is 13.2 Å². The molecule has 19 heavy (non-hydrogen) atoms. The van der Waals surface area contributed by atoms with Gasteiger partial charge < -0.3 is 5.11 Å². The third-order valence-corrected chi connectivity index (χ3v) is 4.32. The summed E-state index contributed by atoms with van der Waals surface area (Å²) in [5.74, 6) is 0. The summed E-state index contributed by atoms with van der Waals surface area (Å²) >= 11 is 0. The summed E-state index contributed by atoms with van der Waals surface area (Å²) in [6.07, 6.45) is 2.25. The molecule has 1 aliphatic heterocycles. The van der Waals surface area contributed by atoms with Crippen LogP contribution in [0.4, 0.5) is 11.4 Å². The van der Waals surface area contributed by atoms with Crippen molar-refractivity contribution in [3.8, 4) is 0 Å². The van der Waals surface area contributed by atoms with Gasteiger partial charge in [-0.2, -0.15) is 0 Å². The summed E-state index contributed by atoms with van der Waals surface area (Å²) in [6.45, 7) is 1.31. The van der Waals surface area contributed by atoms with E-state index in [0.29, 0.717) is 0 Å². The zero-order valence-electron chi connectivity index (χ0n) is 11.1. The topological polar surface area (TPSA) is 20.2 Å². The summed E-state index contributed by atoms with van der Waals surface area (Å²) in [5.41, 5.74) is 2.57. The summed E-state index contributed by atoms with van der Waals surface area (Å²) < 4.78 is 0.790. The van der Waals surface area contributed by atoms with Gasteiger partial charge in [-0.25, -0.2) is 0 Å². The van der Waals surface area contributed by atoms with Gasteiger partial charge in [-0.05, 0) is 24.3 Å². The number of para-hydroxylation sites is 2. The first-order chi connectivity index (χ1) is 9.38. The van der Waals surface area contributed by atoms with E-state index in [-0.39, 0.29) is 12.6 Å². The van der Waals surface area contributed by atoms with Crippen LogP contribution in [0.15, 0.2) is 60.7 Å². The SMILES string of the molecule is OCC1CCC[N+]1(c1ccccc1)c1ccccc1. The van der Waals surface area contributed by atoms with Crippen molar-refractivity contribution < 1.29 is 5.11 Å². The zero-order chi connectivity index (χ0) is 13.1. The number of quaternary nitrogens is 1. The summed E-state index contributed by atoms with van der Waals surface area (Å²) in [7, 11) is 0. The Morgan fingerprint density at radius 1 is 0.895 bits per heavy atom. The van der Waals surface area contributed by atoms with E-state index in [0.717, 1.165) is 23.9 Å². The van der Waals surface area contributed by atoms with Gasteiger partial charge in [0.05, 0.1) is 13.2 Å². The molecular formula is C17H20NO+. The summed E-state index contributed by atoms with van der Waals surface area (Å²) in [4.78, 5) is 0. The molecule has 0 aliphatic carbocycles. The molecule has 1 N–H and O–H groups in total. The van der Waals surface area contributed by atoms with Crippen molar-refractivity contribution >= 4 is 11.4 Å². The van der Waals surface area contributed by atoms with E-state index in [1.807, 2.05) is 0 Å². The summed E-state index contributed by atoms with van der Waals surface area (Å²) in [5, 5.41) is 9.81. The molecule has 0 spiro atoms. The molecule has 1 aliphatic rings. The minimum Gasteiger partial charge on any atom is -0.390 e. The number of benzene rings is 2. The number of hydrogen-bond acceptors (Lipinski definition) is 1. The molecule has 0 bridgehead atoms. The minimum absolute atomic E-state index is 0.240. The minimum atomic E-state index is 0.240. The standard InChI is InChI=1S/C17H20NO/c19-14-17-12-7-13-18(17,15-8-3-1-4-9-15)16-10-5-2-6-11-16/h1-6,8-11,17,19H,7,12-14H2/q+1. The molecule has 1 saturated heterocycles. The van der Waals surface area contributed by atoms with E-state index in [4.69, 9.17) is 0 Å². The molecule has 1 fully saturated rings. The molecule has 3 rings (SSSR count). The van der Waals surface area contributed by atoms with Gasteiger partial charge in [-0.3, -0.25) is 4.48 Å². The Bertz CT molecular complexity index is 484. The Kier molecular flexibility index (Phi) is 3.36. The van der Waals surface area contributed by atoms with Gasteiger partial charge in [-0.15, -0.1) is 0 Å². The molecular weight excluding hydrogens is 234 g/mol. The summed E-state index contributed by atoms with van der Waals surface area (Å²) in [6, 6.07) is 21.4. The zero-order valence-corrected chi connectivity index (χ0v) is 11.1. The second-order valence-corrected chi connectivity index (χ2v) is 5.24. The van der Waals surface area contributed by atoms with E-state index < -0.39 is 0 Å². The fourth-order valence-corrected chi connectivity index (χ4v) is 3.43. The molecule has 0 saturated carbocycles. The molecule has 0 amide bonds. The van der Waals surface area contributed by atoms with Crippen LogP contribution in [-0.2, 0) is 0 Å². The number of nitrogens with zero attached hydrogens (tertiary/aromatic N) is 1. The van der Waals surface area contributed by atoms with Crippen molar-refractivity contribution in [2.45, 2.75) is 18.9 Å². The van der Waals surface area contributed by atoms with E-state index >= 15 is 0 Å². The molecule has 1 atom stereocenters. The van der Waals surface area contributed by atoms with E-state index in [9.17, 15) is 5.11 Å². The smallest absolute Gasteiger partial charge is 0.138 e. The van der Waals surface area contributed by atoms with Gasteiger partial charge >= 0.3 is 0 Å². The Labute approximate surface area is 114 Å². The molecule has 2 nitrogen and oxygen atoms in total. The quantitative estimate of drug-likeness (QED) is 0.831. The fraction of sp³-hybridized carbons (Fsp3) is 0.294. The number of aliphatic hydroxyl groups is 1. The van der Waals surface area contributed by atoms with Crippen molar-refractivity contribution in [2.24, 2.45) is 0 Å². The fourth-order valence-electron chi connectivity index (χ4n) is 3.43. The number of aliphatic hydroxyl groups excluding tert-OH is 1.